The van der Waals surface area contributed by atoms with Gasteiger partial charge in [0.1, 0.15) is 5.82 Å². The van der Waals surface area contributed by atoms with Crippen molar-refractivity contribution in [3.8, 4) is 11.8 Å². The maximum absolute atomic E-state index is 13.9. The zero-order valence-corrected chi connectivity index (χ0v) is 13.7. The van der Waals surface area contributed by atoms with Crippen LogP contribution < -0.4 is 5.32 Å². The molecule has 0 saturated carbocycles. The minimum atomic E-state index is -0.303. The van der Waals surface area contributed by atoms with Gasteiger partial charge < -0.3 is 15.5 Å². The minimum Gasteiger partial charge on any atom is -0.494 e. The molecule has 0 amide bonds. The molecule has 2 aliphatic carbocycles. The second kappa shape index (κ2) is 4.49. The Morgan fingerprint density at radius 2 is 1.88 bits per heavy atom. The third kappa shape index (κ3) is 1.54. The fraction of sp³-hybridized carbons (Fsp3) is 0.143. The number of aromatic hydroxyl groups is 2. The molecule has 0 fully saturated rings. The van der Waals surface area contributed by atoms with E-state index in [-0.39, 0.29) is 29.5 Å². The highest BCUT2D eigenvalue weighted by atomic mass is 19.1. The van der Waals surface area contributed by atoms with E-state index in [1.807, 2.05) is 30.3 Å². The fourth-order valence-electron chi connectivity index (χ4n) is 4.95. The fourth-order valence-corrected chi connectivity index (χ4v) is 4.95. The molecule has 3 aromatic rings. The van der Waals surface area contributed by atoms with E-state index in [4.69, 9.17) is 0 Å². The van der Waals surface area contributed by atoms with Crippen LogP contribution in [0.4, 0.5) is 10.1 Å². The van der Waals surface area contributed by atoms with Crippen molar-refractivity contribution in [2.45, 2.75) is 18.4 Å². The lowest BCUT2D eigenvalue weighted by molar-refractivity contribution is 0.422. The summed E-state index contributed by atoms with van der Waals surface area (Å²) in [6.07, 6.45) is 0.706. The van der Waals surface area contributed by atoms with Crippen LogP contribution in [0.5, 0.6) is 11.8 Å². The Balaban J connectivity index is 1.69. The Hall–Kier alpha value is -3.21. The topological polar surface area (TPSA) is 68.3 Å². The van der Waals surface area contributed by atoms with Crippen molar-refractivity contribution in [1.29, 1.82) is 0 Å². The standard InChI is InChI=1S/C21H15FN2O2/c22-10-6-5-9-7-13-15(12(9)8-10)17-18(21(26)24-20(17)25)16-11-3-1-2-4-14(11)23-19(13)16/h1-6,8,16,19,23-26H,7H2. The molecule has 2 aromatic carbocycles. The van der Waals surface area contributed by atoms with Crippen LogP contribution in [0.25, 0.3) is 5.57 Å². The van der Waals surface area contributed by atoms with Gasteiger partial charge in [-0.25, -0.2) is 4.39 Å². The highest BCUT2D eigenvalue weighted by Gasteiger charge is 2.47. The first-order valence-electron chi connectivity index (χ1n) is 8.65. The summed E-state index contributed by atoms with van der Waals surface area (Å²) in [5.41, 5.74) is 7.22. The molecule has 2 unspecified atom stereocenters. The van der Waals surface area contributed by atoms with E-state index in [1.165, 1.54) is 12.1 Å². The molecule has 6 rings (SSSR count). The molecule has 2 atom stereocenters. The number of hydrogen-bond donors (Lipinski definition) is 4. The molecule has 5 heteroatoms. The van der Waals surface area contributed by atoms with Gasteiger partial charge in [-0.15, -0.1) is 0 Å². The van der Waals surface area contributed by atoms with Gasteiger partial charge in [-0.05, 0) is 52.5 Å². The van der Waals surface area contributed by atoms with Gasteiger partial charge in [0, 0.05) is 17.2 Å². The Bertz CT molecular complexity index is 1140. The number of nitrogens with one attached hydrogen (secondary N) is 2. The van der Waals surface area contributed by atoms with Gasteiger partial charge in [0.05, 0.1) is 11.6 Å². The zero-order valence-electron chi connectivity index (χ0n) is 13.7. The van der Waals surface area contributed by atoms with E-state index in [0.717, 1.165) is 33.5 Å². The van der Waals surface area contributed by atoms with Gasteiger partial charge in [-0.2, -0.15) is 0 Å². The molecule has 1 aliphatic heterocycles. The van der Waals surface area contributed by atoms with Crippen LogP contribution in [0.3, 0.4) is 0 Å². The second-order valence-electron chi connectivity index (χ2n) is 7.18. The number of rotatable bonds is 0. The summed E-state index contributed by atoms with van der Waals surface area (Å²) in [6, 6.07) is 12.8. The van der Waals surface area contributed by atoms with Gasteiger partial charge in [0.2, 0.25) is 0 Å². The third-order valence-electron chi connectivity index (χ3n) is 5.92. The summed E-state index contributed by atoms with van der Waals surface area (Å²) in [6.45, 7) is 0. The van der Waals surface area contributed by atoms with Crippen LogP contribution in [0.2, 0.25) is 0 Å². The van der Waals surface area contributed by atoms with Crippen LogP contribution in [0.15, 0.2) is 48.0 Å². The van der Waals surface area contributed by atoms with Crippen molar-refractivity contribution in [2.24, 2.45) is 0 Å². The molecule has 26 heavy (non-hydrogen) atoms. The van der Waals surface area contributed by atoms with Gasteiger partial charge in [0.25, 0.3) is 0 Å². The Kier molecular flexibility index (Phi) is 2.42. The first-order valence-corrected chi connectivity index (χ1v) is 8.65. The molecule has 0 radical (unpaired) electrons. The van der Waals surface area contributed by atoms with E-state index < -0.39 is 0 Å². The predicted octanol–water partition coefficient (Wildman–Crippen LogP) is 3.86. The summed E-state index contributed by atoms with van der Waals surface area (Å²) < 4.78 is 13.9. The molecular formula is C21H15FN2O2. The van der Waals surface area contributed by atoms with Crippen LogP contribution in [-0.4, -0.2) is 21.2 Å². The largest absolute Gasteiger partial charge is 0.494 e. The van der Waals surface area contributed by atoms with Crippen molar-refractivity contribution in [2.75, 3.05) is 5.32 Å². The Morgan fingerprint density at radius 1 is 1.04 bits per heavy atom. The average Bonchev–Trinajstić information content (AvgIpc) is 3.26. The Morgan fingerprint density at radius 3 is 2.77 bits per heavy atom. The van der Waals surface area contributed by atoms with E-state index in [0.29, 0.717) is 17.5 Å². The maximum atomic E-state index is 13.9. The van der Waals surface area contributed by atoms with Crippen LogP contribution in [0.1, 0.15) is 33.7 Å². The third-order valence-corrected chi connectivity index (χ3v) is 5.92. The monoisotopic (exact) mass is 346 g/mol. The lowest BCUT2D eigenvalue weighted by atomic mass is 9.75. The van der Waals surface area contributed by atoms with Crippen LogP contribution in [-0.2, 0) is 6.42 Å². The molecule has 1 aromatic heterocycles. The summed E-state index contributed by atoms with van der Waals surface area (Å²) in [5, 5.41) is 24.6. The minimum absolute atomic E-state index is 0.0218. The lowest BCUT2D eigenvalue weighted by Gasteiger charge is -2.29. The molecule has 3 aliphatic rings. The van der Waals surface area contributed by atoms with E-state index in [9.17, 15) is 14.6 Å². The van der Waals surface area contributed by atoms with E-state index >= 15 is 0 Å². The number of aromatic amines is 1. The van der Waals surface area contributed by atoms with Crippen molar-refractivity contribution < 1.29 is 14.6 Å². The maximum Gasteiger partial charge on any atom is 0.199 e. The summed E-state index contributed by atoms with van der Waals surface area (Å²) in [5.74, 6) is -0.480. The smallest absolute Gasteiger partial charge is 0.199 e. The Labute approximate surface area is 148 Å². The second-order valence-corrected chi connectivity index (χ2v) is 7.18. The van der Waals surface area contributed by atoms with Gasteiger partial charge >= 0.3 is 0 Å². The van der Waals surface area contributed by atoms with Crippen molar-refractivity contribution in [3.05, 3.63) is 81.7 Å². The molecule has 128 valence electrons. The van der Waals surface area contributed by atoms with Crippen molar-refractivity contribution >= 4 is 11.3 Å². The summed E-state index contributed by atoms with van der Waals surface area (Å²) in [4.78, 5) is 2.67. The van der Waals surface area contributed by atoms with E-state index in [2.05, 4.69) is 10.3 Å². The quantitative estimate of drug-likeness (QED) is 0.500. The summed E-state index contributed by atoms with van der Waals surface area (Å²) in [7, 11) is 0. The molecule has 2 heterocycles. The van der Waals surface area contributed by atoms with E-state index in [1.54, 1.807) is 0 Å². The number of anilines is 1. The average molecular weight is 346 g/mol. The first-order chi connectivity index (χ1) is 12.6. The SMILES string of the molecule is Oc1[nH]c(O)c2c1C1=C(Cc3ccc(F)cc31)C1Nc3ccccc3C21. The van der Waals surface area contributed by atoms with Gasteiger partial charge in [-0.1, -0.05) is 24.3 Å². The number of H-pyrrole nitrogens is 1. The number of benzene rings is 2. The van der Waals surface area contributed by atoms with Gasteiger partial charge in [-0.3, -0.25) is 4.98 Å². The van der Waals surface area contributed by atoms with Gasteiger partial charge in [0.15, 0.2) is 11.8 Å². The molecule has 4 N–H and O–H groups in total. The van der Waals surface area contributed by atoms with Crippen LogP contribution >= 0.6 is 0 Å². The predicted molar refractivity (Wildman–Crippen MR) is 95.9 cm³/mol. The molecule has 0 bridgehead atoms. The molecule has 4 nitrogen and oxygen atoms in total. The number of para-hydroxylation sites is 1. The van der Waals surface area contributed by atoms with Crippen molar-refractivity contribution in [3.63, 3.8) is 0 Å². The molecular weight excluding hydrogens is 331 g/mol. The number of aromatic nitrogens is 1. The van der Waals surface area contributed by atoms with Crippen molar-refractivity contribution in [1.82, 2.24) is 4.98 Å². The lowest BCUT2D eigenvalue weighted by Crippen LogP contribution is -2.28. The molecule has 0 saturated heterocycles. The summed E-state index contributed by atoms with van der Waals surface area (Å²) >= 11 is 0. The molecule has 0 spiro atoms. The normalized spacial score (nSPS) is 21.6. The first kappa shape index (κ1) is 14.0. The highest BCUT2D eigenvalue weighted by Crippen LogP contribution is 2.58. The van der Waals surface area contributed by atoms with Crippen LogP contribution in [0, 0.1) is 5.82 Å². The zero-order chi connectivity index (χ0) is 17.6. The number of fused-ring (bicyclic) bond motifs is 9. The number of hydrogen-bond acceptors (Lipinski definition) is 3. The highest BCUT2D eigenvalue weighted by molar-refractivity contribution is 5.95. The number of halogens is 1.